The smallest absolute Gasteiger partial charge is 0.407 e. The number of ether oxygens (including phenoxy) is 2. The van der Waals surface area contributed by atoms with Gasteiger partial charge in [-0.25, -0.2) is 18.4 Å². The molecule has 1 heterocycles. The predicted octanol–water partition coefficient (Wildman–Crippen LogP) is 3.90. The molecule has 2 N–H and O–H groups in total. The molecule has 1 aromatic rings. The van der Waals surface area contributed by atoms with E-state index in [9.17, 15) is 23.2 Å². The zero-order chi connectivity index (χ0) is 22.3. The van der Waals surface area contributed by atoms with Gasteiger partial charge in [0.15, 0.2) is 0 Å². The average molecular weight is 445 g/mol. The van der Waals surface area contributed by atoms with E-state index in [0.717, 1.165) is 4.88 Å². The van der Waals surface area contributed by atoms with Gasteiger partial charge in [0.2, 0.25) is 5.91 Å². The molecule has 10 heteroatoms. The SMILES string of the molecule is CCOC(=O)c1c(NC(=O)[C@H]2CC2(F)F)sc2c1C[C@@H](NC(=O)OC(C)(C)C)CC2. The number of aryl methyl sites for hydroxylation is 1. The maximum atomic E-state index is 13.2. The first-order chi connectivity index (χ1) is 13.9. The first kappa shape index (κ1) is 22.5. The van der Waals surface area contributed by atoms with Gasteiger partial charge in [-0.3, -0.25) is 4.79 Å². The number of fused-ring (bicyclic) bond motifs is 1. The second kappa shape index (κ2) is 8.13. The second-order valence-corrected chi connectivity index (χ2v) is 9.63. The minimum atomic E-state index is -2.99. The number of carbonyl (C=O) groups is 3. The Morgan fingerprint density at radius 2 is 1.93 bits per heavy atom. The van der Waals surface area contributed by atoms with E-state index in [1.54, 1.807) is 27.7 Å². The van der Waals surface area contributed by atoms with Crippen molar-refractivity contribution in [3.63, 3.8) is 0 Å². The highest BCUT2D eigenvalue weighted by atomic mass is 32.1. The van der Waals surface area contributed by atoms with Gasteiger partial charge in [-0.15, -0.1) is 11.3 Å². The highest BCUT2D eigenvalue weighted by Crippen LogP contribution is 2.49. The minimum Gasteiger partial charge on any atom is -0.462 e. The summed E-state index contributed by atoms with van der Waals surface area (Å²) < 4.78 is 36.9. The normalized spacial score (nSPS) is 21.9. The number of anilines is 1. The van der Waals surface area contributed by atoms with E-state index in [4.69, 9.17) is 9.47 Å². The first-order valence-corrected chi connectivity index (χ1v) is 10.7. The molecule has 0 unspecified atom stereocenters. The highest BCUT2D eigenvalue weighted by Gasteiger charge is 2.61. The lowest BCUT2D eigenvalue weighted by Gasteiger charge is -2.26. The predicted molar refractivity (Wildman–Crippen MR) is 107 cm³/mol. The lowest BCUT2D eigenvalue weighted by molar-refractivity contribution is -0.119. The van der Waals surface area contributed by atoms with Crippen LogP contribution in [0.3, 0.4) is 0 Å². The molecule has 7 nitrogen and oxygen atoms in total. The number of carbonyl (C=O) groups excluding carboxylic acids is 3. The van der Waals surface area contributed by atoms with Crippen molar-refractivity contribution >= 4 is 34.3 Å². The van der Waals surface area contributed by atoms with Gasteiger partial charge in [0.25, 0.3) is 5.92 Å². The molecule has 0 radical (unpaired) electrons. The van der Waals surface area contributed by atoms with Gasteiger partial charge in [0.1, 0.15) is 16.5 Å². The molecule has 0 bridgehead atoms. The number of esters is 1. The zero-order valence-corrected chi connectivity index (χ0v) is 18.2. The van der Waals surface area contributed by atoms with Gasteiger partial charge < -0.3 is 20.1 Å². The third-order valence-corrected chi connectivity index (χ3v) is 6.05. The summed E-state index contributed by atoms with van der Waals surface area (Å²) in [6.07, 6.45) is 0.522. The molecule has 2 amide bonds. The number of alkyl halides is 2. The van der Waals surface area contributed by atoms with Crippen molar-refractivity contribution in [1.29, 1.82) is 0 Å². The van der Waals surface area contributed by atoms with E-state index < -0.39 is 41.8 Å². The summed E-state index contributed by atoms with van der Waals surface area (Å²) >= 11 is 1.20. The van der Waals surface area contributed by atoms with Crippen molar-refractivity contribution in [3.8, 4) is 0 Å². The second-order valence-electron chi connectivity index (χ2n) is 8.52. The van der Waals surface area contributed by atoms with Gasteiger partial charge >= 0.3 is 12.1 Å². The van der Waals surface area contributed by atoms with E-state index >= 15 is 0 Å². The Balaban J connectivity index is 1.79. The van der Waals surface area contributed by atoms with Crippen molar-refractivity contribution in [2.45, 2.75) is 70.9 Å². The van der Waals surface area contributed by atoms with Crippen LogP contribution in [0.15, 0.2) is 0 Å². The Kier molecular flexibility index (Phi) is 6.08. The number of hydrogen-bond acceptors (Lipinski definition) is 6. The number of thiophene rings is 1. The number of halogens is 2. The van der Waals surface area contributed by atoms with E-state index in [1.807, 2.05) is 0 Å². The third-order valence-electron chi connectivity index (χ3n) is 4.84. The molecule has 3 rings (SSSR count). The average Bonchev–Trinajstić information content (AvgIpc) is 3.09. The summed E-state index contributed by atoms with van der Waals surface area (Å²) in [6, 6.07) is -0.258. The number of alkyl carbamates (subject to hydrolysis) is 1. The Bertz CT molecular complexity index is 862. The summed E-state index contributed by atoms with van der Waals surface area (Å²) in [5.41, 5.74) is 0.221. The lowest BCUT2D eigenvalue weighted by Crippen LogP contribution is -2.41. The molecule has 2 atom stereocenters. The number of nitrogens with one attached hydrogen (secondary N) is 2. The van der Waals surface area contributed by atoms with Crippen LogP contribution in [0.25, 0.3) is 0 Å². The summed E-state index contributed by atoms with van der Waals surface area (Å²) in [7, 11) is 0. The fourth-order valence-electron chi connectivity index (χ4n) is 3.39. The lowest BCUT2D eigenvalue weighted by atomic mass is 9.91. The number of hydrogen-bond donors (Lipinski definition) is 2. The quantitative estimate of drug-likeness (QED) is 0.672. The Morgan fingerprint density at radius 3 is 2.50 bits per heavy atom. The molecule has 2 aliphatic rings. The van der Waals surface area contributed by atoms with Crippen LogP contribution in [-0.4, -0.2) is 42.1 Å². The summed E-state index contributed by atoms with van der Waals surface area (Å²) in [5.74, 6) is -5.78. The largest absolute Gasteiger partial charge is 0.462 e. The first-order valence-electron chi connectivity index (χ1n) is 9.91. The minimum absolute atomic E-state index is 0.136. The fraction of sp³-hybridized carbons (Fsp3) is 0.650. The van der Waals surface area contributed by atoms with Crippen molar-refractivity contribution in [2.75, 3.05) is 11.9 Å². The molecular weight excluding hydrogens is 418 g/mol. The molecule has 1 aromatic heterocycles. The third kappa shape index (κ3) is 5.08. The van der Waals surface area contributed by atoms with Gasteiger partial charge in [-0.2, -0.15) is 0 Å². The summed E-state index contributed by atoms with van der Waals surface area (Å²) in [5, 5.41) is 5.53. The molecule has 0 aliphatic heterocycles. The van der Waals surface area contributed by atoms with Crippen molar-refractivity contribution in [2.24, 2.45) is 5.92 Å². The van der Waals surface area contributed by atoms with E-state index in [2.05, 4.69) is 10.6 Å². The molecule has 0 saturated heterocycles. The molecule has 166 valence electrons. The molecule has 30 heavy (non-hydrogen) atoms. The molecule has 1 fully saturated rings. The van der Waals surface area contributed by atoms with Crippen LogP contribution < -0.4 is 10.6 Å². The Morgan fingerprint density at radius 1 is 1.27 bits per heavy atom. The van der Waals surface area contributed by atoms with Crippen LogP contribution in [0.1, 0.15) is 61.3 Å². The van der Waals surface area contributed by atoms with Crippen molar-refractivity contribution < 1.29 is 32.6 Å². The maximum absolute atomic E-state index is 13.2. The number of rotatable bonds is 5. The van der Waals surface area contributed by atoms with Gasteiger partial charge in [-0.1, -0.05) is 0 Å². The number of amides is 2. The Hall–Kier alpha value is -2.23. The van der Waals surface area contributed by atoms with E-state index in [-0.39, 0.29) is 23.2 Å². The van der Waals surface area contributed by atoms with Gasteiger partial charge in [0.05, 0.1) is 12.2 Å². The molecule has 1 saturated carbocycles. The van der Waals surface area contributed by atoms with Crippen LogP contribution in [0.5, 0.6) is 0 Å². The summed E-state index contributed by atoms with van der Waals surface area (Å²) in [6.45, 7) is 7.09. The van der Waals surface area contributed by atoms with Gasteiger partial charge in [0, 0.05) is 17.3 Å². The molecule has 0 spiro atoms. The van der Waals surface area contributed by atoms with Crippen molar-refractivity contribution in [3.05, 3.63) is 16.0 Å². The molecule has 0 aromatic carbocycles. The fourth-order valence-corrected chi connectivity index (χ4v) is 4.62. The van der Waals surface area contributed by atoms with Gasteiger partial charge in [-0.05, 0) is 52.5 Å². The van der Waals surface area contributed by atoms with Crippen LogP contribution in [-0.2, 0) is 27.1 Å². The van der Waals surface area contributed by atoms with Crippen LogP contribution in [0.4, 0.5) is 18.6 Å². The van der Waals surface area contributed by atoms with Crippen molar-refractivity contribution in [1.82, 2.24) is 5.32 Å². The van der Waals surface area contributed by atoms with E-state index in [0.29, 0.717) is 24.8 Å². The zero-order valence-electron chi connectivity index (χ0n) is 17.4. The molecule has 2 aliphatic carbocycles. The highest BCUT2D eigenvalue weighted by molar-refractivity contribution is 7.17. The summed E-state index contributed by atoms with van der Waals surface area (Å²) in [4.78, 5) is 37.7. The van der Waals surface area contributed by atoms with Crippen LogP contribution in [0.2, 0.25) is 0 Å². The standard InChI is InChI=1S/C20H26F2N2O5S/c1-5-28-17(26)14-11-8-10(23-18(27)29-19(2,3)4)6-7-13(11)30-16(14)24-15(25)12-9-20(12,21)22/h10,12H,5-9H2,1-4H3,(H,23,27)(H,24,25)/t10-,12+/m0/s1. The molecular formula is C20H26F2N2O5S. The van der Waals surface area contributed by atoms with Crippen LogP contribution in [0, 0.1) is 5.92 Å². The Labute approximate surface area is 177 Å². The topological polar surface area (TPSA) is 93.7 Å². The van der Waals surface area contributed by atoms with Crippen LogP contribution >= 0.6 is 11.3 Å². The van der Waals surface area contributed by atoms with E-state index in [1.165, 1.54) is 11.3 Å². The maximum Gasteiger partial charge on any atom is 0.407 e. The monoisotopic (exact) mass is 444 g/mol.